The molecule has 2 aliphatic carbocycles. The van der Waals surface area contributed by atoms with E-state index in [1.807, 2.05) is 13.8 Å². The van der Waals surface area contributed by atoms with E-state index in [1.165, 1.54) is 17.9 Å². The number of carbonyl (C=O) groups excluding carboxylic acids is 6. The first-order valence-corrected chi connectivity index (χ1v) is 14.7. The van der Waals surface area contributed by atoms with Gasteiger partial charge in [0.2, 0.25) is 17.6 Å². The SMILES string of the molecule is CC(=O)C(=O)C(CC1CCC1)NC(=O)[C@@H]1C2C(CN1C(=O)[C@H](CCC(=O)C=C(C)C)NC(=O)OC(C)(C)C)C2(C)C. The van der Waals surface area contributed by atoms with E-state index in [1.54, 1.807) is 34.6 Å². The van der Waals surface area contributed by atoms with E-state index in [9.17, 15) is 28.8 Å². The third-order valence-corrected chi connectivity index (χ3v) is 8.65. The number of alkyl carbamates (subject to hydrolysis) is 1. The van der Waals surface area contributed by atoms with Crippen LogP contribution in [0.1, 0.15) is 93.9 Å². The van der Waals surface area contributed by atoms with E-state index in [4.69, 9.17) is 4.74 Å². The van der Waals surface area contributed by atoms with Crippen LogP contribution in [-0.4, -0.2) is 70.4 Å². The molecule has 1 aliphatic heterocycles. The predicted molar refractivity (Wildman–Crippen MR) is 153 cm³/mol. The Kier molecular flexibility index (Phi) is 9.86. The Labute approximate surface area is 243 Å². The minimum Gasteiger partial charge on any atom is -0.444 e. The molecular formula is C31H47N3O7. The summed E-state index contributed by atoms with van der Waals surface area (Å²) >= 11 is 0. The Balaban J connectivity index is 1.83. The molecule has 0 spiro atoms. The fourth-order valence-electron chi connectivity index (χ4n) is 6.20. The second-order valence-corrected chi connectivity index (χ2v) is 13.8. The summed E-state index contributed by atoms with van der Waals surface area (Å²) < 4.78 is 5.38. The number of ether oxygens (including phenoxy) is 1. The Morgan fingerprint density at radius 3 is 2.15 bits per heavy atom. The molecular weight excluding hydrogens is 526 g/mol. The van der Waals surface area contributed by atoms with Gasteiger partial charge in [0.05, 0.1) is 6.04 Å². The molecule has 5 atom stereocenters. The summed E-state index contributed by atoms with van der Waals surface area (Å²) in [5.41, 5.74) is -0.149. The molecule has 1 saturated heterocycles. The molecule has 0 aromatic carbocycles. The number of rotatable bonds is 12. The molecule has 41 heavy (non-hydrogen) atoms. The number of hydrogen-bond donors (Lipinski definition) is 2. The minimum atomic E-state index is -1.08. The van der Waals surface area contributed by atoms with Crippen molar-refractivity contribution in [3.8, 4) is 0 Å². The maximum absolute atomic E-state index is 14.0. The Hall–Kier alpha value is -3.04. The zero-order chi connectivity index (χ0) is 30.9. The Bertz CT molecular complexity index is 1110. The molecule has 3 fully saturated rings. The van der Waals surface area contributed by atoms with Crippen LogP contribution in [-0.2, 0) is 28.7 Å². The highest BCUT2D eigenvalue weighted by atomic mass is 16.6. The second kappa shape index (κ2) is 12.4. The van der Waals surface area contributed by atoms with E-state index in [0.717, 1.165) is 24.8 Å². The van der Waals surface area contributed by atoms with Gasteiger partial charge in [0.15, 0.2) is 11.6 Å². The third-order valence-electron chi connectivity index (χ3n) is 8.65. The standard InChI is InChI=1S/C31H47N3O7/c1-17(2)14-20(36)12-13-22(33-29(40)41-30(4,5)6)28(39)34-16-21-24(31(21,7)8)25(34)27(38)32-23(26(37)18(3)35)15-19-10-9-11-19/h14,19,21-25H,9-13,15-16H2,1-8H3,(H,32,38)(H,33,40)/t21?,22-,23?,24?,25-/m0/s1. The summed E-state index contributed by atoms with van der Waals surface area (Å²) in [7, 11) is 0. The monoisotopic (exact) mass is 573 g/mol. The first-order valence-electron chi connectivity index (χ1n) is 14.7. The molecule has 0 bridgehead atoms. The van der Waals surface area contributed by atoms with Crippen molar-refractivity contribution in [2.24, 2.45) is 23.2 Å². The van der Waals surface area contributed by atoms with Crippen LogP contribution in [0.3, 0.4) is 0 Å². The van der Waals surface area contributed by atoms with Gasteiger partial charge < -0.3 is 20.3 Å². The highest BCUT2D eigenvalue weighted by Crippen LogP contribution is 2.65. The number of nitrogens with one attached hydrogen (secondary N) is 2. The van der Waals surface area contributed by atoms with E-state index < -0.39 is 53.2 Å². The molecule has 228 valence electrons. The summed E-state index contributed by atoms with van der Waals surface area (Å²) in [6, 6.07) is -2.87. The van der Waals surface area contributed by atoms with Gasteiger partial charge in [0, 0.05) is 19.9 Å². The van der Waals surface area contributed by atoms with Crippen LogP contribution in [0.15, 0.2) is 11.6 Å². The number of allylic oxidation sites excluding steroid dienone is 2. The number of Topliss-reactive ketones (excluding diaryl/α,β-unsaturated/α-hetero) is 2. The van der Waals surface area contributed by atoms with Crippen molar-refractivity contribution in [3.05, 3.63) is 11.6 Å². The molecule has 10 heteroatoms. The van der Waals surface area contributed by atoms with Crippen molar-refractivity contribution in [3.63, 3.8) is 0 Å². The van der Waals surface area contributed by atoms with Gasteiger partial charge in [-0.05, 0) is 76.7 Å². The topological polar surface area (TPSA) is 139 Å². The maximum Gasteiger partial charge on any atom is 0.408 e. The Morgan fingerprint density at radius 1 is 1.00 bits per heavy atom. The van der Waals surface area contributed by atoms with Gasteiger partial charge in [-0.1, -0.05) is 38.7 Å². The molecule has 2 saturated carbocycles. The summed E-state index contributed by atoms with van der Waals surface area (Å²) in [4.78, 5) is 79.0. The Morgan fingerprint density at radius 2 is 1.63 bits per heavy atom. The molecule has 3 rings (SSSR count). The van der Waals surface area contributed by atoms with Gasteiger partial charge in [-0.2, -0.15) is 0 Å². The number of hydrogen-bond acceptors (Lipinski definition) is 7. The summed E-state index contributed by atoms with van der Waals surface area (Å²) in [6.45, 7) is 14.3. The van der Waals surface area contributed by atoms with Crippen molar-refractivity contribution in [2.75, 3.05) is 6.54 Å². The first kappa shape index (κ1) is 32.5. The van der Waals surface area contributed by atoms with E-state index in [-0.39, 0.29) is 41.8 Å². The zero-order valence-electron chi connectivity index (χ0n) is 25.8. The van der Waals surface area contributed by atoms with Gasteiger partial charge in [0.1, 0.15) is 17.7 Å². The number of amides is 3. The van der Waals surface area contributed by atoms with E-state index >= 15 is 0 Å². The molecule has 3 amide bonds. The number of piperidine rings is 1. The molecule has 0 aromatic rings. The number of ketones is 3. The van der Waals surface area contributed by atoms with Crippen molar-refractivity contribution >= 4 is 35.3 Å². The van der Waals surface area contributed by atoms with Gasteiger partial charge in [-0.15, -0.1) is 0 Å². The zero-order valence-corrected chi connectivity index (χ0v) is 25.8. The molecule has 10 nitrogen and oxygen atoms in total. The van der Waals surface area contributed by atoms with Crippen LogP contribution in [0.4, 0.5) is 4.79 Å². The molecule has 3 aliphatic rings. The summed E-state index contributed by atoms with van der Waals surface area (Å²) in [5.74, 6) is -2.13. The van der Waals surface area contributed by atoms with Crippen molar-refractivity contribution in [2.45, 2.75) is 118 Å². The highest BCUT2D eigenvalue weighted by molar-refractivity contribution is 6.38. The van der Waals surface area contributed by atoms with Crippen molar-refractivity contribution in [1.82, 2.24) is 15.5 Å². The van der Waals surface area contributed by atoms with Crippen LogP contribution >= 0.6 is 0 Å². The first-order chi connectivity index (χ1) is 18.9. The minimum absolute atomic E-state index is 0.0248. The molecule has 0 radical (unpaired) electrons. The van der Waals surface area contributed by atoms with Crippen LogP contribution in [0.5, 0.6) is 0 Å². The largest absolute Gasteiger partial charge is 0.444 e. The smallest absolute Gasteiger partial charge is 0.408 e. The average molecular weight is 574 g/mol. The van der Waals surface area contributed by atoms with Crippen LogP contribution in [0, 0.1) is 23.2 Å². The number of nitrogens with zero attached hydrogens (tertiary/aromatic N) is 1. The van der Waals surface area contributed by atoms with E-state index in [0.29, 0.717) is 13.0 Å². The lowest BCUT2D eigenvalue weighted by Gasteiger charge is -2.35. The lowest BCUT2D eigenvalue weighted by Crippen LogP contribution is -2.58. The molecule has 1 heterocycles. The summed E-state index contributed by atoms with van der Waals surface area (Å²) in [5, 5.41) is 5.45. The summed E-state index contributed by atoms with van der Waals surface area (Å²) in [6.07, 6.45) is 4.13. The molecule has 0 aromatic heterocycles. The van der Waals surface area contributed by atoms with Gasteiger partial charge in [-0.3, -0.25) is 24.0 Å². The maximum atomic E-state index is 14.0. The predicted octanol–water partition coefficient (Wildman–Crippen LogP) is 3.51. The van der Waals surface area contributed by atoms with Crippen LogP contribution in [0.2, 0.25) is 0 Å². The van der Waals surface area contributed by atoms with Crippen molar-refractivity contribution < 1.29 is 33.5 Å². The third kappa shape index (κ3) is 8.04. The highest BCUT2D eigenvalue weighted by Gasteiger charge is 2.69. The fourth-order valence-corrected chi connectivity index (χ4v) is 6.20. The van der Waals surface area contributed by atoms with Crippen molar-refractivity contribution in [1.29, 1.82) is 0 Å². The normalized spacial score (nSPS) is 24.2. The molecule has 3 unspecified atom stereocenters. The fraction of sp³-hybridized carbons (Fsp3) is 0.742. The number of fused-ring (bicyclic) bond motifs is 1. The molecule has 2 N–H and O–H groups in total. The van der Waals surface area contributed by atoms with E-state index in [2.05, 4.69) is 10.6 Å². The van der Waals surface area contributed by atoms with Crippen LogP contribution in [0.25, 0.3) is 0 Å². The van der Waals surface area contributed by atoms with Gasteiger partial charge >= 0.3 is 6.09 Å². The van der Waals surface area contributed by atoms with Crippen LogP contribution < -0.4 is 10.6 Å². The number of carbonyl (C=O) groups is 6. The number of likely N-dealkylation sites (tertiary alicyclic amines) is 1. The average Bonchev–Trinajstić information content (AvgIpc) is 3.13. The van der Waals surface area contributed by atoms with Gasteiger partial charge in [-0.25, -0.2) is 4.79 Å². The van der Waals surface area contributed by atoms with Gasteiger partial charge in [0.25, 0.3) is 0 Å². The lowest BCUT2D eigenvalue weighted by molar-refractivity contribution is -0.144. The quantitative estimate of drug-likeness (QED) is 0.269. The second-order valence-electron chi connectivity index (χ2n) is 13.8. The lowest BCUT2D eigenvalue weighted by atomic mass is 9.80.